The van der Waals surface area contributed by atoms with E-state index in [9.17, 15) is 0 Å². The molecule has 0 aromatic carbocycles. The normalized spacial score (nSPS) is 26.1. The van der Waals surface area contributed by atoms with Crippen LogP contribution < -0.4 is 0 Å². The minimum atomic E-state index is 0.427. The molecule has 0 saturated carbocycles. The van der Waals surface area contributed by atoms with Crippen molar-refractivity contribution < 1.29 is 4.74 Å². The summed E-state index contributed by atoms with van der Waals surface area (Å²) in [5.41, 5.74) is 2.70. The van der Waals surface area contributed by atoms with Gasteiger partial charge in [-0.15, -0.1) is 0 Å². The summed E-state index contributed by atoms with van der Waals surface area (Å²) in [6.07, 6.45) is 12.0. The van der Waals surface area contributed by atoms with Gasteiger partial charge in [-0.3, -0.25) is 0 Å². The largest absolute Gasteiger partial charge is 0.494 e. The number of ether oxygens (including phenoxy) is 1. The van der Waals surface area contributed by atoms with Crippen molar-refractivity contribution >= 4 is 0 Å². The molecule has 74 valence electrons. The number of hydrogen-bond donors (Lipinski definition) is 0. The maximum Gasteiger partial charge on any atom is 0.103 e. The topological polar surface area (TPSA) is 9.23 Å². The second-order valence-corrected chi connectivity index (χ2v) is 3.82. The van der Waals surface area contributed by atoms with Gasteiger partial charge in [-0.05, 0) is 25.3 Å². The molecule has 1 aliphatic heterocycles. The molecule has 1 unspecified atom stereocenters. The Morgan fingerprint density at radius 2 is 2.43 bits per heavy atom. The number of hydrogen-bond acceptors (Lipinski definition) is 1. The predicted octanol–water partition coefficient (Wildman–Crippen LogP) is 3.51. The van der Waals surface area contributed by atoms with Gasteiger partial charge in [0.2, 0.25) is 0 Å². The molecule has 0 spiro atoms. The van der Waals surface area contributed by atoms with Crippen molar-refractivity contribution in [2.45, 2.75) is 32.3 Å². The van der Waals surface area contributed by atoms with Gasteiger partial charge in [0.05, 0.1) is 0 Å². The summed E-state index contributed by atoms with van der Waals surface area (Å²) in [5.74, 6) is 1.06. The van der Waals surface area contributed by atoms with Gasteiger partial charge in [0, 0.05) is 12.0 Å². The summed E-state index contributed by atoms with van der Waals surface area (Å²) in [4.78, 5) is 0. The second-order valence-electron chi connectivity index (χ2n) is 3.82. The van der Waals surface area contributed by atoms with E-state index in [-0.39, 0.29) is 0 Å². The lowest BCUT2D eigenvalue weighted by molar-refractivity contribution is 0.0952. The molecule has 0 saturated heterocycles. The van der Waals surface area contributed by atoms with Crippen molar-refractivity contribution in [1.82, 2.24) is 0 Å². The Kier molecular flexibility index (Phi) is 2.58. The van der Waals surface area contributed by atoms with Crippen molar-refractivity contribution in [3.8, 4) is 0 Å². The first kappa shape index (κ1) is 9.32. The average Bonchev–Trinajstić information content (AvgIpc) is 2.17. The molecule has 1 atom stereocenters. The first-order valence-electron chi connectivity index (χ1n) is 5.17. The summed E-state index contributed by atoms with van der Waals surface area (Å²) < 4.78 is 5.82. The number of fused-ring (bicyclic) bond motifs is 2. The van der Waals surface area contributed by atoms with Crippen LogP contribution in [-0.2, 0) is 4.74 Å². The van der Waals surface area contributed by atoms with Gasteiger partial charge in [-0.2, -0.15) is 0 Å². The molecule has 1 nitrogen and oxygen atoms in total. The van der Waals surface area contributed by atoms with Crippen LogP contribution in [0.25, 0.3) is 0 Å². The molecule has 2 aliphatic rings. The van der Waals surface area contributed by atoms with Crippen LogP contribution in [0.5, 0.6) is 0 Å². The minimum Gasteiger partial charge on any atom is -0.494 e. The summed E-state index contributed by atoms with van der Waals surface area (Å²) in [6, 6.07) is 0. The number of rotatable bonds is 2. The third-order valence-electron chi connectivity index (χ3n) is 2.79. The fraction of sp³-hybridized carbons (Fsp3) is 0.385. The molecule has 0 fully saturated rings. The molecule has 1 heteroatoms. The maximum atomic E-state index is 5.82. The molecular formula is C13H16O. The highest BCUT2D eigenvalue weighted by atomic mass is 16.5. The van der Waals surface area contributed by atoms with Crippen LogP contribution in [0.3, 0.4) is 0 Å². The molecule has 2 rings (SSSR count). The molecule has 0 amide bonds. The Labute approximate surface area is 85.5 Å². The van der Waals surface area contributed by atoms with Crippen molar-refractivity contribution in [1.29, 1.82) is 0 Å². The van der Waals surface area contributed by atoms with Gasteiger partial charge in [0.25, 0.3) is 0 Å². The summed E-state index contributed by atoms with van der Waals surface area (Å²) in [6.45, 7) is 5.73. The lowest BCUT2D eigenvalue weighted by Gasteiger charge is -2.31. The number of allylic oxidation sites excluding steroid dienone is 6. The van der Waals surface area contributed by atoms with Crippen molar-refractivity contribution in [2.75, 3.05) is 0 Å². The Morgan fingerprint density at radius 1 is 1.57 bits per heavy atom. The van der Waals surface area contributed by atoms with E-state index in [1.165, 1.54) is 17.6 Å². The molecule has 2 bridgehead atoms. The highest BCUT2D eigenvalue weighted by molar-refractivity contribution is 5.45. The molecular weight excluding hydrogens is 172 g/mol. The van der Waals surface area contributed by atoms with Crippen LogP contribution in [0.15, 0.2) is 47.8 Å². The highest BCUT2D eigenvalue weighted by Gasteiger charge is 2.24. The SMILES string of the molecule is C=C/C=C\C1=C(C)OC2CCC=C1C2. The smallest absolute Gasteiger partial charge is 0.103 e. The average molecular weight is 188 g/mol. The monoisotopic (exact) mass is 188 g/mol. The fourth-order valence-electron chi connectivity index (χ4n) is 2.12. The zero-order chi connectivity index (χ0) is 9.97. The van der Waals surface area contributed by atoms with Crippen LogP contribution in [0, 0.1) is 0 Å². The van der Waals surface area contributed by atoms with Gasteiger partial charge in [0.15, 0.2) is 0 Å². The summed E-state index contributed by atoms with van der Waals surface area (Å²) in [7, 11) is 0. The first-order valence-corrected chi connectivity index (χ1v) is 5.17. The lowest BCUT2D eigenvalue weighted by atomic mass is 9.88. The second kappa shape index (κ2) is 3.87. The fourth-order valence-corrected chi connectivity index (χ4v) is 2.12. The van der Waals surface area contributed by atoms with E-state index < -0.39 is 0 Å². The van der Waals surface area contributed by atoms with Gasteiger partial charge in [-0.1, -0.05) is 30.9 Å². The zero-order valence-electron chi connectivity index (χ0n) is 8.62. The van der Waals surface area contributed by atoms with Crippen LogP contribution in [0.1, 0.15) is 26.2 Å². The Morgan fingerprint density at radius 3 is 3.21 bits per heavy atom. The van der Waals surface area contributed by atoms with E-state index in [0.29, 0.717) is 6.10 Å². The Hall–Kier alpha value is -1.24. The third kappa shape index (κ3) is 1.67. The lowest BCUT2D eigenvalue weighted by Crippen LogP contribution is -2.22. The van der Waals surface area contributed by atoms with E-state index in [1.54, 1.807) is 6.08 Å². The summed E-state index contributed by atoms with van der Waals surface area (Å²) >= 11 is 0. The molecule has 0 radical (unpaired) electrons. The molecule has 0 N–H and O–H groups in total. The minimum absolute atomic E-state index is 0.427. The zero-order valence-corrected chi connectivity index (χ0v) is 8.62. The highest BCUT2D eigenvalue weighted by Crippen LogP contribution is 2.35. The molecule has 0 aromatic rings. The third-order valence-corrected chi connectivity index (χ3v) is 2.79. The van der Waals surface area contributed by atoms with E-state index in [1.807, 2.05) is 13.0 Å². The molecule has 0 aromatic heterocycles. The van der Waals surface area contributed by atoms with Crippen LogP contribution in [0.4, 0.5) is 0 Å². The standard InChI is InChI=1S/C13H16O/c1-3-4-8-13-10(2)14-12-7-5-6-11(13)9-12/h3-4,6,8,12H,1,5,7,9H2,2H3/b8-4-. The Bertz CT molecular complexity index is 331. The van der Waals surface area contributed by atoms with E-state index in [2.05, 4.69) is 18.7 Å². The van der Waals surface area contributed by atoms with Crippen LogP contribution in [-0.4, -0.2) is 6.10 Å². The van der Waals surface area contributed by atoms with Crippen molar-refractivity contribution in [2.24, 2.45) is 0 Å². The van der Waals surface area contributed by atoms with E-state index in [4.69, 9.17) is 4.74 Å². The predicted molar refractivity (Wildman–Crippen MR) is 58.8 cm³/mol. The maximum absolute atomic E-state index is 5.82. The Balaban J connectivity index is 2.32. The van der Waals surface area contributed by atoms with Crippen molar-refractivity contribution in [3.63, 3.8) is 0 Å². The van der Waals surface area contributed by atoms with E-state index >= 15 is 0 Å². The quantitative estimate of drug-likeness (QED) is 0.602. The molecule has 1 heterocycles. The van der Waals surface area contributed by atoms with E-state index in [0.717, 1.165) is 18.6 Å². The summed E-state index contributed by atoms with van der Waals surface area (Å²) in [5, 5.41) is 0. The van der Waals surface area contributed by atoms with Crippen LogP contribution in [0.2, 0.25) is 0 Å². The van der Waals surface area contributed by atoms with Gasteiger partial charge < -0.3 is 4.74 Å². The molecule has 14 heavy (non-hydrogen) atoms. The van der Waals surface area contributed by atoms with Gasteiger partial charge >= 0.3 is 0 Å². The molecule has 1 aliphatic carbocycles. The first-order chi connectivity index (χ1) is 6.81. The van der Waals surface area contributed by atoms with Gasteiger partial charge in [0.1, 0.15) is 11.9 Å². The van der Waals surface area contributed by atoms with Crippen molar-refractivity contribution in [3.05, 3.63) is 47.8 Å². The van der Waals surface area contributed by atoms with Gasteiger partial charge in [-0.25, -0.2) is 0 Å². The van der Waals surface area contributed by atoms with Crippen LogP contribution >= 0.6 is 0 Å².